The van der Waals surface area contributed by atoms with Crippen molar-refractivity contribution >= 4 is 39.1 Å². The number of ether oxygens (including phenoxy) is 2. The molecule has 2 fully saturated rings. The third-order valence-corrected chi connectivity index (χ3v) is 7.99. The van der Waals surface area contributed by atoms with Gasteiger partial charge in [0.1, 0.15) is 22.4 Å². The number of pyridine rings is 1. The van der Waals surface area contributed by atoms with Gasteiger partial charge >= 0.3 is 0 Å². The van der Waals surface area contributed by atoms with Gasteiger partial charge in [-0.15, -0.1) is 11.3 Å². The van der Waals surface area contributed by atoms with Crippen LogP contribution in [0.25, 0.3) is 20.8 Å². The summed E-state index contributed by atoms with van der Waals surface area (Å²) in [5.74, 6) is 0.0339. The zero-order valence-electron chi connectivity index (χ0n) is 19.6. The Balaban J connectivity index is 1.56. The fraction of sp³-hybridized carbons (Fsp3) is 0.565. The van der Waals surface area contributed by atoms with Crippen LogP contribution in [0.4, 0.5) is 5.82 Å². The van der Waals surface area contributed by atoms with E-state index in [1.54, 1.807) is 11.3 Å². The Morgan fingerprint density at radius 2 is 1.94 bits per heavy atom. The van der Waals surface area contributed by atoms with Crippen molar-refractivity contribution in [2.45, 2.75) is 76.3 Å². The zero-order valence-corrected chi connectivity index (χ0v) is 21.3. The Labute approximate surface area is 201 Å². The van der Waals surface area contributed by atoms with Crippen LogP contribution in [-0.2, 0) is 9.47 Å². The first-order valence-electron chi connectivity index (χ1n) is 11.1. The van der Waals surface area contributed by atoms with Gasteiger partial charge in [-0.2, -0.15) is 0 Å². The molecule has 1 saturated heterocycles. The third kappa shape index (κ3) is 4.12. The Hall–Kier alpha value is -1.85. The number of thioether (sulfide) groups is 1. The van der Waals surface area contributed by atoms with Gasteiger partial charge in [-0.05, 0) is 53.4 Å². The number of fused-ring (bicyclic) bond motifs is 2. The number of hydrogen-bond donors (Lipinski definition) is 2. The zero-order chi connectivity index (χ0) is 23.5. The molecule has 5 rings (SSSR count). The molecule has 0 spiro atoms. The fourth-order valence-corrected chi connectivity index (χ4v) is 6.42. The lowest BCUT2D eigenvalue weighted by Gasteiger charge is -2.25. The van der Waals surface area contributed by atoms with Gasteiger partial charge in [0, 0.05) is 12.1 Å². The van der Waals surface area contributed by atoms with Crippen LogP contribution in [0.1, 0.15) is 38.6 Å². The minimum atomic E-state index is -0.685. The Morgan fingerprint density at radius 3 is 2.64 bits per heavy atom. The summed E-state index contributed by atoms with van der Waals surface area (Å²) < 4.78 is 13.5. The summed E-state index contributed by atoms with van der Waals surface area (Å²) in [5, 5.41) is 15.6. The normalized spacial score (nSPS) is 27.1. The number of thiazole rings is 1. The number of rotatable bonds is 5. The molecular weight excluding hydrogens is 458 g/mol. The van der Waals surface area contributed by atoms with Crippen LogP contribution in [0.2, 0.25) is 0 Å². The molecule has 1 unspecified atom stereocenters. The van der Waals surface area contributed by atoms with Gasteiger partial charge in [-0.25, -0.2) is 15.0 Å². The van der Waals surface area contributed by atoms with Crippen LogP contribution in [0.5, 0.6) is 0 Å². The van der Waals surface area contributed by atoms with Gasteiger partial charge in [0.15, 0.2) is 10.9 Å². The van der Waals surface area contributed by atoms with Gasteiger partial charge in [0.05, 0.1) is 39.9 Å². The molecule has 0 radical (unpaired) electrons. The summed E-state index contributed by atoms with van der Waals surface area (Å²) >= 11 is 3.12. The van der Waals surface area contributed by atoms with Gasteiger partial charge < -0.3 is 19.9 Å². The van der Waals surface area contributed by atoms with E-state index in [2.05, 4.69) is 10.3 Å². The molecule has 0 amide bonds. The molecule has 0 aromatic carbocycles. The second kappa shape index (κ2) is 8.42. The van der Waals surface area contributed by atoms with Crippen molar-refractivity contribution in [3.63, 3.8) is 0 Å². The Bertz CT molecular complexity index is 1200. The van der Waals surface area contributed by atoms with E-state index in [-0.39, 0.29) is 24.2 Å². The van der Waals surface area contributed by atoms with Gasteiger partial charge in [0.25, 0.3) is 0 Å². The van der Waals surface area contributed by atoms with E-state index in [9.17, 15) is 5.11 Å². The summed E-state index contributed by atoms with van der Waals surface area (Å²) in [6.45, 7) is 9.63. The molecule has 2 N–H and O–H groups in total. The van der Waals surface area contributed by atoms with Crippen molar-refractivity contribution in [3.05, 3.63) is 23.7 Å². The van der Waals surface area contributed by atoms with Crippen LogP contribution >= 0.6 is 23.1 Å². The molecule has 4 heterocycles. The van der Waals surface area contributed by atoms with E-state index in [1.165, 1.54) is 11.8 Å². The fourth-order valence-electron chi connectivity index (χ4n) is 4.90. The Kier molecular flexibility index (Phi) is 5.85. The standard InChI is InChI=1S/C23H29N5O3S2/c1-10-16(21-27-17-11(2)24-8-7-15(17)33-21)20(28-22(25-10)32-6)26-14-9-13(12(3)29)18-19(14)31-23(4,5)30-18/h7-8,12-14,18-19,29H,9H2,1-6H3,(H,25,26,28)/t12?,13-,14-,18-,19+/m1/s1. The van der Waals surface area contributed by atoms with Crippen molar-refractivity contribution in [1.29, 1.82) is 0 Å². The van der Waals surface area contributed by atoms with Crippen LogP contribution in [0, 0.1) is 19.8 Å². The molecule has 3 aromatic rings. The highest BCUT2D eigenvalue weighted by Gasteiger charge is 2.55. The predicted octanol–water partition coefficient (Wildman–Crippen LogP) is 4.19. The minimum absolute atomic E-state index is 0.0168. The first-order valence-corrected chi connectivity index (χ1v) is 13.2. The van der Waals surface area contributed by atoms with E-state index in [0.29, 0.717) is 5.16 Å². The molecular formula is C23H29N5O3S2. The first kappa shape index (κ1) is 22.9. The number of aryl methyl sites for hydroxylation is 2. The molecule has 3 aromatic heterocycles. The van der Waals surface area contributed by atoms with Gasteiger partial charge in [-0.3, -0.25) is 4.98 Å². The summed E-state index contributed by atoms with van der Waals surface area (Å²) in [6, 6.07) is 1.93. The average molecular weight is 488 g/mol. The van der Waals surface area contributed by atoms with E-state index in [0.717, 1.165) is 44.4 Å². The number of aliphatic hydroxyl groups is 1. The molecule has 0 bridgehead atoms. The highest BCUT2D eigenvalue weighted by Crippen LogP contribution is 2.45. The molecule has 5 atom stereocenters. The number of hydrogen-bond acceptors (Lipinski definition) is 10. The van der Waals surface area contributed by atoms with E-state index in [4.69, 9.17) is 24.4 Å². The van der Waals surface area contributed by atoms with Crippen LogP contribution in [0.3, 0.4) is 0 Å². The molecule has 1 aliphatic heterocycles. The summed E-state index contributed by atoms with van der Waals surface area (Å²) in [4.78, 5) is 18.8. The lowest BCUT2D eigenvalue weighted by Crippen LogP contribution is -2.35. The summed E-state index contributed by atoms with van der Waals surface area (Å²) in [7, 11) is 0. The second-order valence-electron chi connectivity index (χ2n) is 9.24. The highest BCUT2D eigenvalue weighted by atomic mass is 32.2. The minimum Gasteiger partial charge on any atom is -0.393 e. The molecule has 176 valence electrons. The number of nitrogens with zero attached hydrogens (tertiary/aromatic N) is 4. The lowest BCUT2D eigenvalue weighted by atomic mass is 9.99. The summed E-state index contributed by atoms with van der Waals surface area (Å²) in [6.07, 6.45) is 3.67. The second-order valence-corrected chi connectivity index (χ2v) is 11.0. The average Bonchev–Trinajstić information content (AvgIpc) is 3.39. The van der Waals surface area contributed by atoms with Crippen molar-refractivity contribution in [1.82, 2.24) is 19.9 Å². The van der Waals surface area contributed by atoms with Crippen LogP contribution in [0.15, 0.2) is 17.4 Å². The highest BCUT2D eigenvalue weighted by molar-refractivity contribution is 7.98. The quantitative estimate of drug-likeness (QED) is 0.405. The maximum absolute atomic E-state index is 10.4. The molecule has 2 aliphatic rings. The lowest BCUT2D eigenvalue weighted by molar-refractivity contribution is -0.161. The number of aromatic nitrogens is 4. The van der Waals surface area contributed by atoms with Crippen molar-refractivity contribution in [2.75, 3.05) is 11.6 Å². The largest absolute Gasteiger partial charge is 0.393 e. The molecule has 10 heteroatoms. The van der Waals surface area contributed by atoms with E-state index in [1.807, 2.05) is 53.1 Å². The van der Waals surface area contributed by atoms with Crippen molar-refractivity contribution < 1.29 is 14.6 Å². The first-order chi connectivity index (χ1) is 15.7. The third-order valence-electron chi connectivity index (χ3n) is 6.41. The molecule has 8 nitrogen and oxygen atoms in total. The van der Waals surface area contributed by atoms with E-state index >= 15 is 0 Å². The smallest absolute Gasteiger partial charge is 0.189 e. The Morgan fingerprint density at radius 1 is 1.18 bits per heavy atom. The van der Waals surface area contributed by atoms with Crippen LogP contribution in [-0.4, -0.2) is 61.4 Å². The van der Waals surface area contributed by atoms with Crippen molar-refractivity contribution in [3.8, 4) is 10.6 Å². The number of anilines is 1. The maximum Gasteiger partial charge on any atom is 0.189 e. The molecule has 1 saturated carbocycles. The molecule has 33 heavy (non-hydrogen) atoms. The summed E-state index contributed by atoms with van der Waals surface area (Å²) in [5.41, 5.74) is 3.57. The monoisotopic (exact) mass is 487 g/mol. The van der Waals surface area contributed by atoms with Gasteiger partial charge in [0.2, 0.25) is 0 Å². The molecule has 1 aliphatic carbocycles. The maximum atomic E-state index is 10.4. The topological polar surface area (TPSA) is 102 Å². The SMILES string of the molecule is CSc1nc(C)c(-c2nc3c(C)nccc3s2)c(N[C@@H]2C[C@H](C(C)O)[C@H]3OC(C)(C)O[C@H]32)n1. The van der Waals surface area contributed by atoms with Crippen molar-refractivity contribution in [2.24, 2.45) is 5.92 Å². The predicted molar refractivity (Wildman–Crippen MR) is 131 cm³/mol. The van der Waals surface area contributed by atoms with Crippen LogP contribution < -0.4 is 5.32 Å². The number of aliphatic hydroxyl groups excluding tert-OH is 1. The number of nitrogens with one attached hydrogen (secondary N) is 1. The van der Waals surface area contributed by atoms with Gasteiger partial charge in [-0.1, -0.05) is 11.8 Å². The van der Waals surface area contributed by atoms with E-state index < -0.39 is 11.9 Å².